The summed E-state index contributed by atoms with van der Waals surface area (Å²) in [5.41, 5.74) is 5.27. The summed E-state index contributed by atoms with van der Waals surface area (Å²) in [5, 5.41) is 4.59. The zero-order chi connectivity index (χ0) is 25.1. The highest BCUT2D eigenvalue weighted by Gasteiger charge is 2.31. The Morgan fingerprint density at radius 1 is 0.917 bits per heavy atom. The molecule has 0 aliphatic rings. The topological polar surface area (TPSA) is 75.7 Å². The standard InChI is InChI=1S/C27H22F3N5O/c1-17-34-25(13-26(35-17)32-11-10-19-16-33-24-5-3-2-4-23(19)24)21-12-20(14-31-15-21)18-6-8-22(9-7-18)36-27(28,29)30/h2-9,12-16,33H,10-11H2,1H3,(H,32,34,35). The first-order valence-electron chi connectivity index (χ1n) is 11.3. The molecule has 5 rings (SSSR count). The first kappa shape index (κ1) is 23.3. The lowest BCUT2D eigenvalue weighted by Gasteiger charge is -2.11. The van der Waals surface area contributed by atoms with Gasteiger partial charge in [0.05, 0.1) is 5.69 Å². The number of ether oxygens (including phenoxy) is 1. The van der Waals surface area contributed by atoms with E-state index >= 15 is 0 Å². The van der Waals surface area contributed by atoms with E-state index < -0.39 is 6.36 Å². The number of pyridine rings is 1. The molecule has 0 aliphatic carbocycles. The highest BCUT2D eigenvalue weighted by atomic mass is 19.4. The van der Waals surface area contributed by atoms with E-state index in [0.29, 0.717) is 29.4 Å². The van der Waals surface area contributed by atoms with Crippen LogP contribution in [0.15, 0.2) is 79.3 Å². The maximum Gasteiger partial charge on any atom is 0.573 e. The summed E-state index contributed by atoms with van der Waals surface area (Å²) in [7, 11) is 0. The minimum atomic E-state index is -4.73. The molecular formula is C27H22F3N5O. The van der Waals surface area contributed by atoms with Gasteiger partial charge in [0.15, 0.2) is 0 Å². The molecule has 0 bridgehead atoms. The van der Waals surface area contributed by atoms with E-state index in [4.69, 9.17) is 0 Å². The Labute approximate surface area is 205 Å². The van der Waals surface area contributed by atoms with Gasteiger partial charge in [-0.3, -0.25) is 4.98 Å². The molecule has 6 nitrogen and oxygen atoms in total. The minimum absolute atomic E-state index is 0.273. The van der Waals surface area contributed by atoms with Crippen molar-refractivity contribution in [3.8, 4) is 28.1 Å². The van der Waals surface area contributed by atoms with Crippen LogP contribution in [-0.4, -0.2) is 32.8 Å². The molecule has 5 aromatic rings. The van der Waals surface area contributed by atoms with Crippen molar-refractivity contribution in [2.45, 2.75) is 19.7 Å². The predicted molar refractivity (Wildman–Crippen MR) is 133 cm³/mol. The van der Waals surface area contributed by atoms with E-state index in [2.05, 4.69) is 42.1 Å². The van der Waals surface area contributed by atoms with E-state index in [9.17, 15) is 13.2 Å². The SMILES string of the molecule is Cc1nc(NCCc2c[nH]c3ccccc23)cc(-c2cncc(-c3ccc(OC(F)(F)F)cc3)c2)n1. The fourth-order valence-corrected chi connectivity index (χ4v) is 4.06. The van der Waals surface area contributed by atoms with Gasteiger partial charge in [-0.15, -0.1) is 13.2 Å². The molecule has 0 amide bonds. The monoisotopic (exact) mass is 489 g/mol. The molecule has 9 heteroatoms. The molecule has 182 valence electrons. The van der Waals surface area contributed by atoms with Crippen LogP contribution in [0.1, 0.15) is 11.4 Å². The number of nitrogens with one attached hydrogen (secondary N) is 2. The van der Waals surface area contributed by atoms with Crippen molar-refractivity contribution in [1.82, 2.24) is 19.9 Å². The number of H-pyrrole nitrogens is 1. The van der Waals surface area contributed by atoms with E-state index in [1.807, 2.05) is 37.4 Å². The number of alkyl halides is 3. The predicted octanol–water partition coefficient (Wildman–Crippen LogP) is 6.55. The largest absolute Gasteiger partial charge is 0.573 e. The van der Waals surface area contributed by atoms with Crippen LogP contribution in [0.2, 0.25) is 0 Å². The lowest BCUT2D eigenvalue weighted by atomic mass is 10.0. The van der Waals surface area contributed by atoms with E-state index in [0.717, 1.165) is 23.1 Å². The average Bonchev–Trinajstić information content (AvgIpc) is 3.26. The van der Waals surface area contributed by atoms with Crippen LogP contribution in [0.5, 0.6) is 5.75 Å². The highest BCUT2D eigenvalue weighted by molar-refractivity contribution is 5.83. The van der Waals surface area contributed by atoms with Crippen LogP contribution in [0.4, 0.5) is 19.0 Å². The van der Waals surface area contributed by atoms with Crippen molar-refractivity contribution < 1.29 is 17.9 Å². The van der Waals surface area contributed by atoms with Gasteiger partial charge in [-0.2, -0.15) is 0 Å². The Morgan fingerprint density at radius 3 is 2.50 bits per heavy atom. The third-order valence-electron chi connectivity index (χ3n) is 5.67. The number of nitrogens with zero attached hydrogens (tertiary/aromatic N) is 3. The van der Waals surface area contributed by atoms with Crippen LogP contribution in [0.3, 0.4) is 0 Å². The first-order valence-corrected chi connectivity index (χ1v) is 11.3. The minimum Gasteiger partial charge on any atom is -0.406 e. The van der Waals surface area contributed by atoms with E-state index in [1.54, 1.807) is 24.5 Å². The van der Waals surface area contributed by atoms with Gasteiger partial charge in [-0.25, -0.2) is 9.97 Å². The molecule has 3 heterocycles. The quantitative estimate of drug-likeness (QED) is 0.271. The second-order valence-corrected chi connectivity index (χ2v) is 8.26. The molecule has 36 heavy (non-hydrogen) atoms. The fourth-order valence-electron chi connectivity index (χ4n) is 4.06. The number of anilines is 1. The lowest BCUT2D eigenvalue weighted by Crippen LogP contribution is -2.16. The number of hydrogen-bond donors (Lipinski definition) is 2. The van der Waals surface area contributed by atoms with Crippen LogP contribution in [0.25, 0.3) is 33.3 Å². The molecule has 2 N–H and O–H groups in total. The Hall–Kier alpha value is -4.40. The molecule has 0 saturated carbocycles. The highest BCUT2D eigenvalue weighted by Crippen LogP contribution is 2.29. The van der Waals surface area contributed by atoms with E-state index in [1.165, 1.54) is 23.1 Å². The number of benzene rings is 2. The van der Waals surface area contributed by atoms with Gasteiger partial charge in [0.25, 0.3) is 0 Å². The van der Waals surface area contributed by atoms with Gasteiger partial charge in [0.2, 0.25) is 0 Å². The Balaban J connectivity index is 1.31. The van der Waals surface area contributed by atoms with Crippen molar-refractivity contribution in [1.29, 1.82) is 0 Å². The third-order valence-corrected chi connectivity index (χ3v) is 5.67. The number of rotatable bonds is 7. The number of aromatic nitrogens is 4. The second kappa shape index (κ2) is 9.69. The van der Waals surface area contributed by atoms with Crippen LogP contribution < -0.4 is 10.1 Å². The lowest BCUT2D eigenvalue weighted by molar-refractivity contribution is -0.274. The van der Waals surface area contributed by atoms with Gasteiger partial charge >= 0.3 is 6.36 Å². The Bertz CT molecular complexity index is 1500. The molecule has 3 aromatic heterocycles. The summed E-state index contributed by atoms with van der Waals surface area (Å²) in [6.07, 6.45) is 1.48. The number of aromatic amines is 1. The van der Waals surface area contributed by atoms with Gasteiger partial charge in [0, 0.05) is 53.2 Å². The molecule has 0 aliphatic heterocycles. The smallest absolute Gasteiger partial charge is 0.406 e. The summed E-state index contributed by atoms with van der Waals surface area (Å²) >= 11 is 0. The second-order valence-electron chi connectivity index (χ2n) is 8.26. The maximum atomic E-state index is 12.4. The van der Waals surface area contributed by atoms with Crippen LogP contribution >= 0.6 is 0 Å². The number of aryl methyl sites for hydroxylation is 1. The molecule has 0 fully saturated rings. The Morgan fingerprint density at radius 2 is 1.69 bits per heavy atom. The zero-order valence-corrected chi connectivity index (χ0v) is 19.3. The molecule has 0 saturated heterocycles. The third kappa shape index (κ3) is 5.46. The number of para-hydroxylation sites is 1. The van der Waals surface area contributed by atoms with Gasteiger partial charge < -0.3 is 15.0 Å². The summed E-state index contributed by atoms with van der Waals surface area (Å²) in [5.74, 6) is 1.04. The Kier molecular flexibility index (Phi) is 6.28. The molecular weight excluding hydrogens is 467 g/mol. The summed E-state index contributed by atoms with van der Waals surface area (Å²) in [6, 6.07) is 17.6. The van der Waals surface area contributed by atoms with Crippen LogP contribution in [-0.2, 0) is 6.42 Å². The molecule has 2 aromatic carbocycles. The van der Waals surface area contributed by atoms with Crippen LogP contribution in [0, 0.1) is 6.92 Å². The van der Waals surface area contributed by atoms with E-state index in [-0.39, 0.29) is 5.75 Å². The summed E-state index contributed by atoms with van der Waals surface area (Å²) < 4.78 is 41.2. The average molecular weight is 490 g/mol. The molecule has 0 unspecified atom stereocenters. The number of hydrogen-bond acceptors (Lipinski definition) is 5. The van der Waals surface area contributed by atoms with Crippen molar-refractivity contribution in [2.24, 2.45) is 0 Å². The first-order chi connectivity index (χ1) is 17.3. The normalized spacial score (nSPS) is 11.6. The molecule has 0 atom stereocenters. The molecule has 0 radical (unpaired) electrons. The van der Waals surface area contributed by atoms with Crippen molar-refractivity contribution in [3.63, 3.8) is 0 Å². The summed E-state index contributed by atoms with van der Waals surface area (Å²) in [4.78, 5) is 16.7. The van der Waals surface area contributed by atoms with Crippen molar-refractivity contribution in [2.75, 3.05) is 11.9 Å². The molecule has 0 spiro atoms. The van der Waals surface area contributed by atoms with Gasteiger partial charge in [0.1, 0.15) is 17.4 Å². The number of halogens is 3. The zero-order valence-electron chi connectivity index (χ0n) is 19.3. The maximum absolute atomic E-state index is 12.4. The number of fused-ring (bicyclic) bond motifs is 1. The van der Waals surface area contributed by atoms with Crippen molar-refractivity contribution in [3.05, 3.63) is 90.6 Å². The van der Waals surface area contributed by atoms with Gasteiger partial charge in [-0.05, 0) is 48.7 Å². The fraction of sp³-hybridized carbons (Fsp3) is 0.148. The summed E-state index contributed by atoms with van der Waals surface area (Å²) in [6.45, 7) is 2.52. The van der Waals surface area contributed by atoms with Crippen molar-refractivity contribution >= 4 is 16.7 Å². The van der Waals surface area contributed by atoms with Gasteiger partial charge in [-0.1, -0.05) is 30.3 Å².